The summed E-state index contributed by atoms with van der Waals surface area (Å²) in [5, 5.41) is 12.8. The van der Waals surface area contributed by atoms with E-state index in [1.807, 2.05) is 6.92 Å². The van der Waals surface area contributed by atoms with Crippen LogP contribution in [0.3, 0.4) is 0 Å². The molecule has 0 amide bonds. The van der Waals surface area contributed by atoms with Crippen LogP contribution >= 0.6 is 0 Å². The zero-order valence-electron chi connectivity index (χ0n) is 11.8. The van der Waals surface area contributed by atoms with Crippen LogP contribution in [0.2, 0.25) is 0 Å². The molecule has 1 aromatic heterocycles. The molecule has 0 saturated heterocycles. The van der Waals surface area contributed by atoms with Gasteiger partial charge in [0.15, 0.2) is 5.82 Å². The summed E-state index contributed by atoms with van der Waals surface area (Å²) in [5.41, 5.74) is 0. The Morgan fingerprint density at radius 1 is 1.26 bits per heavy atom. The summed E-state index contributed by atoms with van der Waals surface area (Å²) >= 11 is 0. The summed E-state index contributed by atoms with van der Waals surface area (Å²) in [6, 6.07) is 2.16. The fourth-order valence-corrected chi connectivity index (χ4v) is 2.73. The monoisotopic (exact) mass is 261 g/mol. The lowest BCUT2D eigenvalue weighted by Gasteiger charge is -2.15. The molecular weight excluding hydrogens is 238 g/mol. The molecule has 0 N–H and O–H groups in total. The quantitative estimate of drug-likeness (QED) is 0.810. The van der Waals surface area contributed by atoms with Crippen LogP contribution in [0.4, 0.5) is 0 Å². The lowest BCUT2D eigenvalue weighted by Crippen LogP contribution is -2.04. The molecule has 1 aliphatic rings. The maximum Gasteiger partial charge on any atom is 0.229 e. The second-order valence-corrected chi connectivity index (χ2v) is 5.63. The molecule has 4 heteroatoms. The maximum atomic E-state index is 8.61. The standard InChI is InChI=1S/C15H23N3O/c1-12(8-7-11-16)15-17-14(18-19-15)13-9-5-3-2-4-6-10-13/h12-13H,2-10H2,1H3. The summed E-state index contributed by atoms with van der Waals surface area (Å²) in [4.78, 5) is 4.57. The van der Waals surface area contributed by atoms with E-state index in [2.05, 4.69) is 16.2 Å². The second kappa shape index (κ2) is 7.28. The van der Waals surface area contributed by atoms with Crippen molar-refractivity contribution in [2.45, 2.75) is 76.5 Å². The minimum Gasteiger partial charge on any atom is -0.339 e. The Morgan fingerprint density at radius 2 is 1.95 bits per heavy atom. The number of hydrogen-bond acceptors (Lipinski definition) is 4. The predicted molar refractivity (Wildman–Crippen MR) is 72.6 cm³/mol. The van der Waals surface area contributed by atoms with Crippen LogP contribution in [-0.2, 0) is 0 Å². The van der Waals surface area contributed by atoms with Crippen LogP contribution in [0.25, 0.3) is 0 Å². The molecule has 1 atom stereocenters. The van der Waals surface area contributed by atoms with Crippen molar-refractivity contribution in [2.75, 3.05) is 0 Å². The van der Waals surface area contributed by atoms with Crippen LogP contribution in [0.5, 0.6) is 0 Å². The van der Waals surface area contributed by atoms with E-state index < -0.39 is 0 Å². The van der Waals surface area contributed by atoms with Crippen molar-refractivity contribution in [3.63, 3.8) is 0 Å². The molecule has 4 nitrogen and oxygen atoms in total. The van der Waals surface area contributed by atoms with E-state index in [0.29, 0.717) is 18.2 Å². The molecule has 0 bridgehead atoms. The van der Waals surface area contributed by atoms with E-state index in [0.717, 1.165) is 12.2 Å². The Bertz CT molecular complexity index is 413. The van der Waals surface area contributed by atoms with Crippen LogP contribution in [0, 0.1) is 11.3 Å². The van der Waals surface area contributed by atoms with E-state index in [1.54, 1.807) is 0 Å². The highest BCUT2D eigenvalue weighted by atomic mass is 16.5. The van der Waals surface area contributed by atoms with Gasteiger partial charge in [-0.2, -0.15) is 10.2 Å². The Kier molecular flexibility index (Phi) is 5.38. The molecule has 2 rings (SSSR count). The van der Waals surface area contributed by atoms with Gasteiger partial charge in [-0.3, -0.25) is 0 Å². The average Bonchev–Trinajstić information content (AvgIpc) is 2.85. The molecule has 1 saturated carbocycles. The predicted octanol–water partition coefficient (Wildman–Crippen LogP) is 4.30. The highest BCUT2D eigenvalue weighted by Crippen LogP contribution is 2.30. The molecule has 0 aliphatic heterocycles. The minimum absolute atomic E-state index is 0.189. The number of hydrogen-bond donors (Lipinski definition) is 0. The first-order valence-electron chi connectivity index (χ1n) is 7.51. The smallest absolute Gasteiger partial charge is 0.229 e. The fourth-order valence-electron chi connectivity index (χ4n) is 2.73. The van der Waals surface area contributed by atoms with Crippen molar-refractivity contribution in [3.8, 4) is 6.07 Å². The van der Waals surface area contributed by atoms with Gasteiger partial charge in [0.2, 0.25) is 5.89 Å². The van der Waals surface area contributed by atoms with Crippen LogP contribution < -0.4 is 0 Å². The lowest BCUT2D eigenvalue weighted by molar-refractivity contribution is 0.343. The average molecular weight is 261 g/mol. The van der Waals surface area contributed by atoms with Crippen molar-refractivity contribution >= 4 is 0 Å². The van der Waals surface area contributed by atoms with Crippen LogP contribution in [0.15, 0.2) is 4.52 Å². The summed E-state index contributed by atoms with van der Waals surface area (Å²) in [5.74, 6) is 2.25. The van der Waals surface area contributed by atoms with E-state index in [4.69, 9.17) is 9.78 Å². The normalized spacial score (nSPS) is 19.4. The first-order chi connectivity index (χ1) is 9.31. The molecule has 0 aromatic carbocycles. The third-order valence-corrected chi connectivity index (χ3v) is 4.04. The molecule has 0 spiro atoms. The first-order valence-corrected chi connectivity index (χ1v) is 7.51. The van der Waals surface area contributed by atoms with Gasteiger partial charge in [-0.15, -0.1) is 0 Å². The molecule has 19 heavy (non-hydrogen) atoms. The third-order valence-electron chi connectivity index (χ3n) is 4.04. The molecule has 104 valence electrons. The molecule has 1 heterocycles. The van der Waals surface area contributed by atoms with E-state index in [1.165, 1.54) is 44.9 Å². The Hall–Kier alpha value is -1.37. The summed E-state index contributed by atoms with van der Waals surface area (Å²) in [6.45, 7) is 2.05. The summed E-state index contributed by atoms with van der Waals surface area (Å²) < 4.78 is 5.38. The molecular formula is C15H23N3O. The Labute approximate surface area is 115 Å². The largest absolute Gasteiger partial charge is 0.339 e. The Morgan fingerprint density at radius 3 is 2.63 bits per heavy atom. The minimum atomic E-state index is 0.189. The van der Waals surface area contributed by atoms with E-state index >= 15 is 0 Å². The van der Waals surface area contributed by atoms with Gasteiger partial charge in [-0.1, -0.05) is 44.2 Å². The highest BCUT2D eigenvalue weighted by Gasteiger charge is 2.21. The highest BCUT2D eigenvalue weighted by molar-refractivity contribution is 4.99. The van der Waals surface area contributed by atoms with Gasteiger partial charge in [0, 0.05) is 18.3 Å². The number of aromatic nitrogens is 2. The van der Waals surface area contributed by atoms with Gasteiger partial charge in [0.1, 0.15) is 0 Å². The van der Waals surface area contributed by atoms with Gasteiger partial charge < -0.3 is 4.52 Å². The molecule has 1 aliphatic carbocycles. The van der Waals surface area contributed by atoms with Crippen LogP contribution in [0.1, 0.15) is 88.3 Å². The van der Waals surface area contributed by atoms with Gasteiger partial charge >= 0.3 is 0 Å². The number of nitrogens with zero attached hydrogens (tertiary/aromatic N) is 3. The zero-order chi connectivity index (χ0) is 13.5. The van der Waals surface area contributed by atoms with Gasteiger partial charge in [0.05, 0.1) is 6.07 Å². The number of nitriles is 1. The fraction of sp³-hybridized carbons (Fsp3) is 0.800. The lowest BCUT2D eigenvalue weighted by atomic mass is 9.91. The van der Waals surface area contributed by atoms with Crippen LogP contribution in [-0.4, -0.2) is 10.1 Å². The molecule has 1 aromatic rings. The van der Waals surface area contributed by atoms with E-state index in [9.17, 15) is 0 Å². The SMILES string of the molecule is CC(CCC#N)c1nc(C2CCCCCCC2)no1. The topological polar surface area (TPSA) is 62.7 Å². The maximum absolute atomic E-state index is 8.61. The van der Waals surface area contributed by atoms with Gasteiger partial charge in [-0.25, -0.2) is 0 Å². The third kappa shape index (κ3) is 4.05. The Balaban J connectivity index is 1.96. The summed E-state index contributed by atoms with van der Waals surface area (Å²) in [6.07, 6.45) is 10.3. The first kappa shape index (κ1) is 14.0. The summed E-state index contributed by atoms with van der Waals surface area (Å²) in [7, 11) is 0. The van der Waals surface area contributed by atoms with Gasteiger partial charge in [0.25, 0.3) is 0 Å². The molecule has 1 unspecified atom stereocenters. The molecule has 1 fully saturated rings. The van der Waals surface area contributed by atoms with Crippen molar-refractivity contribution in [2.24, 2.45) is 0 Å². The molecule has 0 radical (unpaired) electrons. The second-order valence-electron chi connectivity index (χ2n) is 5.63. The van der Waals surface area contributed by atoms with Crippen molar-refractivity contribution in [3.05, 3.63) is 11.7 Å². The zero-order valence-corrected chi connectivity index (χ0v) is 11.8. The van der Waals surface area contributed by atoms with Crippen molar-refractivity contribution < 1.29 is 4.52 Å². The number of rotatable bonds is 4. The van der Waals surface area contributed by atoms with Gasteiger partial charge in [-0.05, 0) is 19.3 Å². The van der Waals surface area contributed by atoms with E-state index in [-0.39, 0.29) is 5.92 Å². The van der Waals surface area contributed by atoms with Crippen molar-refractivity contribution in [1.82, 2.24) is 10.1 Å². The van der Waals surface area contributed by atoms with Crippen molar-refractivity contribution in [1.29, 1.82) is 5.26 Å².